The van der Waals surface area contributed by atoms with E-state index in [-0.39, 0.29) is 6.04 Å². The van der Waals surface area contributed by atoms with E-state index >= 15 is 0 Å². The summed E-state index contributed by atoms with van der Waals surface area (Å²) in [6.07, 6.45) is 0. The zero-order chi connectivity index (χ0) is 13.2. The van der Waals surface area contributed by atoms with E-state index in [2.05, 4.69) is 4.72 Å². The average Bonchev–Trinajstić information content (AvgIpc) is 2.82. The van der Waals surface area contributed by atoms with Gasteiger partial charge in [-0.3, -0.25) is 0 Å². The van der Waals surface area contributed by atoms with Gasteiger partial charge >= 0.3 is 0 Å². The monoisotopic (exact) mass is 301 g/mol. The highest BCUT2D eigenvalue weighted by molar-refractivity contribution is 7.91. The van der Waals surface area contributed by atoms with Gasteiger partial charge in [0.2, 0.25) is 0 Å². The molecule has 1 heterocycles. The summed E-state index contributed by atoms with van der Waals surface area (Å²) in [5.41, 5.74) is 0.763. The lowest BCUT2D eigenvalue weighted by molar-refractivity contribution is 0.569. The molecule has 0 radical (unpaired) electrons. The lowest BCUT2D eigenvalue weighted by atomic mass is 10.1. The molecule has 0 aliphatic heterocycles. The molecule has 3 nitrogen and oxygen atoms in total. The summed E-state index contributed by atoms with van der Waals surface area (Å²) in [5, 5.41) is 2.29. The highest BCUT2D eigenvalue weighted by Gasteiger charge is 2.20. The van der Waals surface area contributed by atoms with Gasteiger partial charge < -0.3 is 0 Å². The van der Waals surface area contributed by atoms with Crippen LogP contribution in [0.2, 0.25) is 5.02 Å². The molecule has 0 bridgehead atoms. The molecule has 1 N–H and O–H groups in total. The zero-order valence-electron chi connectivity index (χ0n) is 9.63. The third-order valence-corrected chi connectivity index (χ3v) is 5.75. The van der Waals surface area contributed by atoms with Crippen molar-refractivity contribution in [1.82, 2.24) is 4.72 Å². The highest BCUT2D eigenvalue weighted by atomic mass is 35.5. The van der Waals surface area contributed by atoms with Crippen molar-refractivity contribution in [1.29, 1.82) is 0 Å². The molecular weight excluding hydrogens is 290 g/mol. The van der Waals surface area contributed by atoms with E-state index in [4.69, 9.17) is 11.6 Å². The molecule has 2 aromatic rings. The fourth-order valence-corrected chi connectivity index (χ4v) is 4.13. The van der Waals surface area contributed by atoms with E-state index < -0.39 is 10.0 Å². The van der Waals surface area contributed by atoms with E-state index in [9.17, 15) is 8.42 Å². The van der Waals surface area contributed by atoms with Crippen LogP contribution >= 0.6 is 22.9 Å². The van der Waals surface area contributed by atoms with Crippen molar-refractivity contribution < 1.29 is 8.42 Å². The van der Waals surface area contributed by atoms with Gasteiger partial charge in [0.05, 0.1) is 0 Å². The predicted molar refractivity (Wildman–Crippen MR) is 74.5 cm³/mol. The molecule has 0 saturated heterocycles. The Hall–Kier alpha value is -0.880. The van der Waals surface area contributed by atoms with Gasteiger partial charge in [-0.05, 0) is 30.0 Å². The highest BCUT2D eigenvalue weighted by Crippen LogP contribution is 2.25. The summed E-state index contributed by atoms with van der Waals surface area (Å²) in [4.78, 5) is 0. The molecule has 0 aliphatic carbocycles. The van der Waals surface area contributed by atoms with Crippen LogP contribution in [0.15, 0.2) is 46.0 Å². The molecule has 0 spiro atoms. The van der Waals surface area contributed by atoms with Gasteiger partial charge in [0.15, 0.2) is 0 Å². The summed E-state index contributed by atoms with van der Waals surface area (Å²) in [5.74, 6) is 0. The fourth-order valence-electron chi connectivity index (χ4n) is 1.60. The second kappa shape index (κ2) is 5.40. The molecule has 0 unspecified atom stereocenters. The number of benzene rings is 1. The Morgan fingerprint density at radius 1 is 1.22 bits per heavy atom. The SMILES string of the molecule is C[C@@H](NS(=O)(=O)c1cccs1)c1ccccc1Cl. The molecule has 1 atom stereocenters. The van der Waals surface area contributed by atoms with Crippen LogP contribution in [0, 0.1) is 0 Å². The van der Waals surface area contributed by atoms with E-state index in [0.29, 0.717) is 9.23 Å². The summed E-state index contributed by atoms with van der Waals surface area (Å²) >= 11 is 7.23. The van der Waals surface area contributed by atoms with Crippen LogP contribution in [0.1, 0.15) is 18.5 Å². The minimum Gasteiger partial charge on any atom is -0.206 e. The van der Waals surface area contributed by atoms with E-state index in [1.54, 1.807) is 30.5 Å². The van der Waals surface area contributed by atoms with Crippen LogP contribution in [-0.2, 0) is 10.0 Å². The maximum absolute atomic E-state index is 12.0. The fraction of sp³-hybridized carbons (Fsp3) is 0.167. The molecule has 0 aliphatic rings. The largest absolute Gasteiger partial charge is 0.250 e. The van der Waals surface area contributed by atoms with E-state index in [0.717, 1.165) is 5.56 Å². The summed E-state index contributed by atoms with van der Waals surface area (Å²) in [6, 6.07) is 10.1. The molecule has 0 saturated carbocycles. The first-order valence-electron chi connectivity index (χ1n) is 5.31. The minimum atomic E-state index is -3.47. The molecule has 0 fully saturated rings. The number of sulfonamides is 1. The van der Waals surface area contributed by atoms with Gasteiger partial charge in [0, 0.05) is 11.1 Å². The van der Waals surface area contributed by atoms with Crippen molar-refractivity contribution in [3.63, 3.8) is 0 Å². The zero-order valence-corrected chi connectivity index (χ0v) is 12.0. The summed E-state index contributed by atoms with van der Waals surface area (Å²) in [6.45, 7) is 1.77. The number of hydrogen-bond donors (Lipinski definition) is 1. The van der Waals surface area contributed by atoms with Crippen LogP contribution in [0.5, 0.6) is 0 Å². The Morgan fingerprint density at radius 3 is 2.56 bits per heavy atom. The smallest absolute Gasteiger partial charge is 0.206 e. The van der Waals surface area contributed by atoms with Gasteiger partial charge in [-0.15, -0.1) is 11.3 Å². The first-order chi connectivity index (χ1) is 8.50. The van der Waals surface area contributed by atoms with Crippen molar-refractivity contribution in [3.8, 4) is 0 Å². The van der Waals surface area contributed by atoms with E-state index in [1.165, 1.54) is 11.3 Å². The van der Waals surface area contributed by atoms with Crippen molar-refractivity contribution >= 4 is 33.0 Å². The Bertz CT molecular complexity index is 623. The Balaban J connectivity index is 2.23. The number of hydrogen-bond acceptors (Lipinski definition) is 3. The van der Waals surface area contributed by atoms with Crippen LogP contribution in [0.25, 0.3) is 0 Å². The molecule has 6 heteroatoms. The normalized spacial score (nSPS) is 13.4. The number of rotatable bonds is 4. The van der Waals surface area contributed by atoms with Crippen LogP contribution in [0.3, 0.4) is 0 Å². The van der Waals surface area contributed by atoms with Crippen molar-refractivity contribution in [2.24, 2.45) is 0 Å². The molecule has 2 rings (SSSR count). The van der Waals surface area contributed by atoms with Gasteiger partial charge in [-0.2, -0.15) is 0 Å². The average molecular weight is 302 g/mol. The van der Waals surface area contributed by atoms with Gasteiger partial charge in [0.1, 0.15) is 4.21 Å². The number of halogens is 1. The second-order valence-corrected chi connectivity index (χ2v) is 7.09. The summed E-state index contributed by atoms with van der Waals surface area (Å²) < 4.78 is 27.0. The lowest BCUT2D eigenvalue weighted by Gasteiger charge is -2.15. The number of nitrogens with one attached hydrogen (secondary N) is 1. The first kappa shape index (κ1) is 13.5. The number of thiophene rings is 1. The predicted octanol–water partition coefficient (Wildman–Crippen LogP) is 3.44. The third kappa shape index (κ3) is 2.92. The molecule has 0 amide bonds. The minimum absolute atomic E-state index is 0.307. The van der Waals surface area contributed by atoms with Crippen molar-refractivity contribution in [3.05, 3.63) is 52.4 Å². The third-order valence-electron chi connectivity index (χ3n) is 2.46. The second-order valence-electron chi connectivity index (χ2n) is 3.80. The van der Waals surface area contributed by atoms with E-state index in [1.807, 2.05) is 18.2 Å². The molecular formula is C12H12ClNO2S2. The van der Waals surface area contributed by atoms with Crippen molar-refractivity contribution in [2.75, 3.05) is 0 Å². The quantitative estimate of drug-likeness (QED) is 0.940. The Labute approximate surface area is 115 Å². The van der Waals surface area contributed by atoms with Crippen LogP contribution in [0.4, 0.5) is 0 Å². The van der Waals surface area contributed by atoms with Crippen molar-refractivity contribution in [2.45, 2.75) is 17.2 Å². The van der Waals surface area contributed by atoms with Gasteiger partial charge in [-0.25, -0.2) is 13.1 Å². The standard InChI is InChI=1S/C12H12ClNO2S2/c1-9(10-5-2-3-6-11(10)13)14-18(15,16)12-7-4-8-17-12/h2-9,14H,1H3/t9-/m1/s1. The molecule has 18 heavy (non-hydrogen) atoms. The maximum atomic E-state index is 12.0. The Kier molecular flexibility index (Phi) is 4.07. The lowest BCUT2D eigenvalue weighted by Crippen LogP contribution is -2.26. The van der Waals surface area contributed by atoms with Crippen LogP contribution < -0.4 is 4.72 Å². The first-order valence-corrected chi connectivity index (χ1v) is 8.05. The van der Waals surface area contributed by atoms with Gasteiger partial charge in [-0.1, -0.05) is 35.9 Å². The Morgan fingerprint density at radius 2 is 1.94 bits per heavy atom. The molecule has 1 aromatic heterocycles. The molecule has 96 valence electrons. The molecule has 1 aromatic carbocycles. The maximum Gasteiger partial charge on any atom is 0.250 e. The topological polar surface area (TPSA) is 46.2 Å². The van der Waals surface area contributed by atoms with Crippen LogP contribution in [-0.4, -0.2) is 8.42 Å². The van der Waals surface area contributed by atoms with Gasteiger partial charge in [0.25, 0.3) is 10.0 Å². The summed E-state index contributed by atoms with van der Waals surface area (Å²) in [7, 11) is -3.47.